The molecular formula is C50H32F3NO3S2. The minimum Gasteiger partial charge on any atom is -0.376 e. The number of thiophene rings is 1. The van der Waals surface area contributed by atoms with E-state index in [1.165, 1.54) is 34.6 Å². The molecule has 59 heavy (non-hydrogen) atoms. The van der Waals surface area contributed by atoms with Crippen molar-refractivity contribution in [2.45, 2.75) is 10.9 Å². The monoisotopic (exact) mass is 815 g/mol. The van der Waals surface area contributed by atoms with Crippen molar-refractivity contribution in [3.05, 3.63) is 216 Å². The molecule has 0 fully saturated rings. The van der Waals surface area contributed by atoms with Gasteiger partial charge in [-0.1, -0.05) is 140 Å². The Balaban J connectivity index is 1.18. The first-order valence-corrected chi connectivity index (χ1v) is 21.1. The average molecular weight is 816 g/mol. The molecule has 9 heteroatoms. The Labute approximate surface area is 343 Å². The van der Waals surface area contributed by atoms with Gasteiger partial charge in [-0.05, 0) is 93.0 Å². The molecule has 0 bridgehead atoms. The molecule has 8 aromatic carbocycles. The highest BCUT2D eigenvalue weighted by Gasteiger charge is 2.49. The zero-order valence-corrected chi connectivity index (χ0v) is 32.7. The van der Waals surface area contributed by atoms with Gasteiger partial charge in [0.25, 0.3) is 0 Å². The largest absolute Gasteiger partial charge is 0.534 e. The summed E-state index contributed by atoms with van der Waals surface area (Å²) in [6, 6.07) is 63.9. The predicted octanol–water partition coefficient (Wildman–Crippen LogP) is 13.8. The van der Waals surface area contributed by atoms with Crippen LogP contribution in [0.2, 0.25) is 0 Å². The van der Waals surface area contributed by atoms with Crippen molar-refractivity contribution in [1.29, 1.82) is 0 Å². The fraction of sp³-hybridized carbons (Fsp3) is 0.0400. The molecule has 0 atom stereocenters. The van der Waals surface area contributed by atoms with Gasteiger partial charge in [-0.15, -0.1) is 11.3 Å². The SMILES string of the molecule is O=S(=O)(Oc1cc(N(c2ccccc2)c2ccccc2)c2sc3ccc(-c4ccc5c(c4)-c4ccccc4C5(c4ccccc4)c4ccccc4)cc3c2c1)C(F)(F)F. The van der Waals surface area contributed by atoms with Crippen molar-refractivity contribution >= 4 is 58.7 Å². The molecule has 10 rings (SSSR count). The molecular weight excluding hydrogens is 784 g/mol. The highest BCUT2D eigenvalue weighted by atomic mass is 32.2. The van der Waals surface area contributed by atoms with Crippen LogP contribution in [0.5, 0.6) is 5.75 Å². The molecule has 1 aromatic heterocycles. The summed E-state index contributed by atoms with van der Waals surface area (Å²) in [4.78, 5) is 1.90. The third kappa shape index (κ3) is 5.99. The highest BCUT2D eigenvalue weighted by Crippen LogP contribution is 2.57. The van der Waals surface area contributed by atoms with Gasteiger partial charge >= 0.3 is 15.6 Å². The van der Waals surface area contributed by atoms with Gasteiger partial charge in [0.05, 0.1) is 15.8 Å². The van der Waals surface area contributed by atoms with Crippen LogP contribution in [0.25, 0.3) is 42.4 Å². The third-order valence-corrected chi connectivity index (χ3v) is 13.3. The number of para-hydroxylation sites is 2. The van der Waals surface area contributed by atoms with Crippen molar-refractivity contribution < 1.29 is 25.8 Å². The summed E-state index contributed by atoms with van der Waals surface area (Å²) in [6.45, 7) is 0. The summed E-state index contributed by atoms with van der Waals surface area (Å²) in [5.41, 5.74) is 4.56. The lowest BCUT2D eigenvalue weighted by molar-refractivity contribution is -0.0500. The number of alkyl halides is 3. The zero-order valence-electron chi connectivity index (χ0n) is 31.1. The predicted molar refractivity (Wildman–Crippen MR) is 232 cm³/mol. The zero-order chi connectivity index (χ0) is 40.4. The van der Waals surface area contributed by atoms with Crippen LogP contribution < -0.4 is 9.08 Å². The maximum Gasteiger partial charge on any atom is 0.534 e. The van der Waals surface area contributed by atoms with Crippen LogP contribution in [-0.4, -0.2) is 13.9 Å². The van der Waals surface area contributed by atoms with Crippen LogP contribution in [0, 0.1) is 0 Å². The summed E-state index contributed by atoms with van der Waals surface area (Å²) in [5.74, 6) is -0.445. The summed E-state index contributed by atoms with van der Waals surface area (Å²) in [6.07, 6.45) is 0. The minimum atomic E-state index is -5.97. The van der Waals surface area contributed by atoms with Crippen LogP contribution in [0.15, 0.2) is 194 Å². The van der Waals surface area contributed by atoms with Crippen molar-refractivity contribution in [2.24, 2.45) is 0 Å². The summed E-state index contributed by atoms with van der Waals surface area (Å²) >= 11 is 1.48. The second-order valence-electron chi connectivity index (χ2n) is 14.4. The molecule has 0 unspecified atom stereocenters. The number of rotatable bonds is 8. The molecule has 0 spiro atoms. The van der Waals surface area contributed by atoms with E-state index in [2.05, 4.69) is 97.1 Å². The fourth-order valence-electron chi connectivity index (χ4n) is 8.61. The van der Waals surface area contributed by atoms with E-state index in [0.717, 1.165) is 59.5 Å². The minimum absolute atomic E-state index is 0.445. The Kier molecular flexibility index (Phi) is 8.70. The lowest BCUT2D eigenvalue weighted by Gasteiger charge is -2.33. The van der Waals surface area contributed by atoms with Crippen LogP contribution in [0.4, 0.5) is 30.2 Å². The van der Waals surface area contributed by atoms with Crippen LogP contribution in [0.1, 0.15) is 22.3 Å². The normalized spacial score (nSPS) is 13.3. The lowest BCUT2D eigenvalue weighted by atomic mass is 9.67. The highest BCUT2D eigenvalue weighted by molar-refractivity contribution is 7.88. The number of anilines is 3. The van der Waals surface area contributed by atoms with Crippen molar-refractivity contribution in [3.63, 3.8) is 0 Å². The number of benzene rings is 8. The smallest absolute Gasteiger partial charge is 0.376 e. The first-order valence-electron chi connectivity index (χ1n) is 18.9. The molecule has 0 saturated heterocycles. The van der Waals surface area contributed by atoms with Crippen LogP contribution in [-0.2, 0) is 15.5 Å². The topological polar surface area (TPSA) is 46.6 Å². The fourth-order valence-corrected chi connectivity index (χ4v) is 10.2. The van der Waals surface area contributed by atoms with E-state index in [1.54, 1.807) is 0 Å². The van der Waals surface area contributed by atoms with E-state index in [1.807, 2.05) is 89.8 Å². The van der Waals surface area contributed by atoms with Crippen LogP contribution in [0.3, 0.4) is 0 Å². The van der Waals surface area contributed by atoms with Crippen LogP contribution >= 0.6 is 11.3 Å². The van der Waals surface area contributed by atoms with E-state index < -0.39 is 26.8 Å². The van der Waals surface area contributed by atoms with Gasteiger partial charge in [0, 0.05) is 32.9 Å². The number of hydrogen-bond donors (Lipinski definition) is 0. The molecule has 0 aliphatic heterocycles. The Morgan fingerprint density at radius 3 is 1.66 bits per heavy atom. The Morgan fingerprint density at radius 1 is 0.525 bits per heavy atom. The Morgan fingerprint density at radius 2 is 1.05 bits per heavy atom. The van der Waals surface area contributed by atoms with Crippen molar-refractivity contribution in [1.82, 2.24) is 0 Å². The van der Waals surface area contributed by atoms with Gasteiger partial charge < -0.3 is 9.08 Å². The quantitative estimate of drug-likeness (QED) is 0.113. The third-order valence-electron chi connectivity index (χ3n) is 11.1. The van der Waals surface area contributed by atoms with E-state index in [-0.39, 0.29) is 0 Å². The Hall–Kier alpha value is -6.68. The number of hydrogen-bond acceptors (Lipinski definition) is 5. The second kappa shape index (κ2) is 14.0. The van der Waals surface area contributed by atoms with Gasteiger partial charge in [0.1, 0.15) is 5.75 Å². The average Bonchev–Trinajstić information content (AvgIpc) is 3.78. The molecule has 0 amide bonds. The van der Waals surface area contributed by atoms with E-state index in [0.29, 0.717) is 11.1 Å². The molecule has 1 aliphatic carbocycles. The maximum absolute atomic E-state index is 13.8. The lowest BCUT2D eigenvalue weighted by Crippen LogP contribution is -2.28. The van der Waals surface area contributed by atoms with Gasteiger partial charge in [-0.2, -0.15) is 21.6 Å². The first-order chi connectivity index (χ1) is 28.6. The molecule has 1 aliphatic rings. The van der Waals surface area contributed by atoms with Gasteiger partial charge in [0.2, 0.25) is 0 Å². The number of nitrogens with zero attached hydrogens (tertiary/aromatic N) is 1. The van der Waals surface area contributed by atoms with Crippen molar-refractivity contribution in [2.75, 3.05) is 4.90 Å². The Bertz CT molecular complexity index is 3060. The van der Waals surface area contributed by atoms with Crippen molar-refractivity contribution in [3.8, 4) is 28.0 Å². The van der Waals surface area contributed by atoms with Gasteiger partial charge in [0.15, 0.2) is 0 Å². The molecule has 0 saturated carbocycles. The summed E-state index contributed by atoms with van der Waals surface area (Å²) < 4.78 is 72.7. The van der Waals surface area contributed by atoms with E-state index in [9.17, 15) is 21.6 Å². The molecule has 0 N–H and O–H groups in total. The molecule has 288 valence electrons. The van der Waals surface area contributed by atoms with Gasteiger partial charge in [-0.25, -0.2) is 0 Å². The summed E-state index contributed by atoms with van der Waals surface area (Å²) in [5, 5.41) is 1.32. The molecule has 4 nitrogen and oxygen atoms in total. The number of fused-ring (bicyclic) bond motifs is 6. The molecule has 9 aromatic rings. The second-order valence-corrected chi connectivity index (χ2v) is 17.0. The number of halogens is 3. The molecule has 0 radical (unpaired) electrons. The maximum atomic E-state index is 13.8. The standard InChI is InChI=1S/C50H32F3NO3S2/c51-50(52,53)59(55,56)57-39-31-43-42-30-34(26-28-47(42)58-48(43)46(32-39)54(37-19-9-3-10-20-37)38-21-11-4-12-22-38)33-25-27-45-41(29-33)40-23-13-14-24-44(40)49(45,35-15-5-1-6-16-35)36-17-7-2-8-18-36/h1-32H. The summed E-state index contributed by atoms with van der Waals surface area (Å²) in [7, 11) is -5.97. The van der Waals surface area contributed by atoms with E-state index in [4.69, 9.17) is 4.18 Å². The van der Waals surface area contributed by atoms with E-state index >= 15 is 0 Å². The van der Waals surface area contributed by atoms with Gasteiger partial charge in [-0.3, -0.25) is 0 Å². The molecule has 1 heterocycles. The first kappa shape index (κ1) is 36.6.